The second-order valence-corrected chi connectivity index (χ2v) is 7.27. The average molecular weight is 443 g/mol. The van der Waals surface area contributed by atoms with E-state index in [9.17, 15) is 16.1 Å². The Hall–Kier alpha value is -1.62. The van der Waals surface area contributed by atoms with E-state index in [0.717, 1.165) is 0 Å². The zero-order valence-electron chi connectivity index (χ0n) is 34.8. The zero-order valence-corrected chi connectivity index (χ0v) is 15.8. The van der Waals surface area contributed by atoms with Gasteiger partial charge in [0.1, 0.15) is 12.2 Å². The molecular formula is C24H36O5. The molecule has 0 aromatic carbocycles. The summed E-state index contributed by atoms with van der Waals surface area (Å²) in [7, 11) is 0. The number of hydrogen-bond donors (Lipinski definition) is 1. The predicted molar refractivity (Wildman–Crippen MR) is 111 cm³/mol. The lowest BCUT2D eigenvalue weighted by atomic mass is 9.65. The molecule has 0 saturated carbocycles. The van der Waals surface area contributed by atoms with Crippen LogP contribution in [0.3, 0.4) is 0 Å². The molecule has 5 nitrogen and oxygen atoms in total. The Morgan fingerprint density at radius 3 is 3.21 bits per heavy atom. The molecule has 0 aromatic heterocycles. The van der Waals surface area contributed by atoms with Gasteiger partial charge >= 0.3 is 11.9 Å². The molecule has 0 radical (unpaired) electrons. The SMILES string of the molecule is [3H]C1=C([3H])[C@H](C)[C@H](CC[C@H]2C[C@@H](O)CC(=O)O2)[C@@H]2C1=C([3H])[C@]([3H])(C([3H])([3H])[3H])C([3H])([3H])[C@]2([3H])OC(=O)[C@@]([3H])(C([3H])([3H])[3H])C([3H])([3H])C([3H])([3H])[3H]. The molecular weight excluding hydrogens is 368 g/mol. The highest BCUT2D eigenvalue weighted by Crippen LogP contribution is 2.45. The second kappa shape index (κ2) is 9.46. The molecule has 5 heteroatoms. The number of rotatable bonds is 6. The third-order valence-corrected chi connectivity index (χ3v) is 5.20. The maximum atomic E-state index is 13.8. The summed E-state index contributed by atoms with van der Waals surface area (Å²) < 4.78 is 167. The minimum Gasteiger partial charge on any atom is -0.462 e. The van der Waals surface area contributed by atoms with Gasteiger partial charge in [0.2, 0.25) is 0 Å². The molecule has 3 aliphatic rings. The van der Waals surface area contributed by atoms with Gasteiger partial charge in [-0.3, -0.25) is 9.59 Å². The molecule has 0 unspecified atom stereocenters. The van der Waals surface area contributed by atoms with Crippen molar-refractivity contribution >= 4 is 11.9 Å². The van der Waals surface area contributed by atoms with Gasteiger partial charge in [-0.25, -0.2) is 0 Å². The summed E-state index contributed by atoms with van der Waals surface area (Å²) >= 11 is 0. The Balaban J connectivity index is 2.37. The van der Waals surface area contributed by atoms with Crippen LogP contribution >= 0.6 is 0 Å². The first-order valence-corrected chi connectivity index (χ1v) is 9.27. The van der Waals surface area contributed by atoms with E-state index in [1.54, 1.807) is 0 Å². The highest BCUT2D eigenvalue weighted by Gasteiger charge is 2.42. The van der Waals surface area contributed by atoms with Gasteiger partial charge in [0, 0.05) is 32.9 Å². The number of aliphatic hydroxyl groups excluding tert-OH is 1. The molecule has 2 aliphatic carbocycles. The van der Waals surface area contributed by atoms with Gasteiger partial charge in [0.25, 0.3) is 0 Å². The van der Waals surface area contributed by atoms with Crippen LogP contribution in [0.4, 0.5) is 0 Å². The van der Waals surface area contributed by atoms with Crippen LogP contribution in [0.15, 0.2) is 23.7 Å². The summed E-state index contributed by atoms with van der Waals surface area (Å²) in [6.45, 7) is -10.7. The third kappa shape index (κ3) is 5.30. The number of carbonyl (C=O) groups is 2. The van der Waals surface area contributed by atoms with E-state index < -0.39 is 117 Å². The lowest BCUT2D eigenvalue weighted by Gasteiger charge is -2.43. The van der Waals surface area contributed by atoms with Gasteiger partial charge in [-0.15, -0.1) is 0 Å². The number of ether oxygens (including phenoxy) is 2. The van der Waals surface area contributed by atoms with Crippen molar-refractivity contribution in [2.24, 2.45) is 29.5 Å². The molecule has 3 rings (SSSR count). The van der Waals surface area contributed by atoms with Crippen molar-refractivity contribution in [1.29, 1.82) is 0 Å². The molecule has 8 atom stereocenters. The molecule has 1 heterocycles. The van der Waals surface area contributed by atoms with Crippen molar-refractivity contribution in [3.8, 4) is 0 Å². The van der Waals surface area contributed by atoms with Crippen LogP contribution in [0.25, 0.3) is 0 Å². The first-order valence-electron chi connectivity index (χ1n) is 18.8. The fraction of sp³-hybridized carbons (Fsp3) is 0.750. The van der Waals surface area contributed by atoms with E-state index >= 15 is 0 Å². The number of hydrogen-bond acceptors (Lipinski definition) is 5. The van der Waals surface area contributed by atoms with Gasteiger partial charge in [0.15, 0.2) is 0 Å². The Bertz CT molecular complexity index is 1380. The monoisotopic (exact) mass is 442 g/mol. The molecule has 0 spiro atoms. The van der Waals surface area contributed by atoms with Gasteiger partial charge in [0.05, 0.1) is 23.9 Å². The molecule has 0 aromatic rings. The smallest absolute Gasteiger partial charge is 0.308 e. The maximum Gasteiger partial charge on any atom is 0.308 e. The molecule has 0 amide bonds. The summed E-state index contributed by atoms with van der Waals surface area (Å²) in [6, 6.07) is -2.87. The number of cyclic esters (lactones) is 1. The van der Waals surface area contributed by atoms with Crippen LogP contribution in [-0.4, -0.2) is 35.3 Å². The normalized spacial score (nSPS) is 58.2. The standard InChI is InChI=1S/C24H36O5/c1-5-15(3)24(27)29-21-11-14(2)10-17-7-6-16(4)20(23(17)21)9-8-19-12-18(25)13-22(26)28-19/h6-7,10,14-16,18-21,23,25H,5,8-9,11-13H2,1-4H3/t14-,15-,16-,18+,19-,20-,21-,23-/m0/s1/i1T3,2T3,3T3,5T2,6T,7T,10T,11T2,14T,15T,21T. The molecule has 29 heavy (non-hydrogen) atoms. The van der Waals surface area contributed by atoms with Gasteiger partial charge in [-0.1, -0.05) is 45.6 Å². The van der Waals surface area contributed by atoms with E-state index in [1.165, 1.54) is 6.92 Å². The molecule has 1 N–H and O–H groups in total. The summed E-state index contributed by atoms with van der Waals surface area (Å²) in [5, 5.41) is 10.0. The minimum atomic E-state index is -4.41. The summed E-state index contributed by atoms with van der Waals surface area (Å²) in [6.07, 6.45) is -15.1. The van der Waals surface area contributed by atoms with Gasteiger partial charge in [-0.2, -0.15) is 0 Å². The number of carbonyl (C=O) groups excluding carboxylic acids is 2. The van der Waals surface area contributed by atoms with Crippen LogP contribution in [0.5, 0.6) is 0 Å². The van der Waals surface area contributed by atoms with Crippen LogP contribution in [0.2, 0.25) is 0 Å². The average Bonchev–Trinajstić information content (AvgIpc) is 2.90. The Morgan fingerprint density at radius 2 is 2.48 bits per heavy atom. The van der Waals surface area contributed by atoms with E-state index in [0.29, 0.717) is 0 Å². The zero-order chi connectivity index (χ0) is 37.6. The van der Waals surface area contributed by atoms with Crippen LogP contribution in [-0.2, 0) is 19.1 Å². The van der Waals surface area contributed by atoms with E-state index in [2.05, 4.69) is 0 Å². The second-order valence-electron chi connectivity index (χ2n) is 7.27. The lowest BCUT2D eigenvalue weighted by molar-refractivity contribution is -0.162. The minimum absolute atomic E-state index is 0.0575. The van der Waals surface area contributed by atoms with Crippen LogP contribution < -0.4 is 0 Å². The van der Waals surface area contributed by atoms with Crippen LogP contribution in [0, 0.1) is 29.5 Å². The quantitative estimate of drug-likeness (QED) is 0.624. The number of aliphatic hydroxyl groups is 1. The molecule has 162 valence electrons. The number of fused-ring (bicyclic) bond motifs is 1. The van der Waals surface area contributed by atoms with Crippen molar-refractivity contribution in [1.82, 2.24) is 0 Å². The highest BCUT2D eigenvalue weighted by atomic mass is 16.5. The summed E-state index contributed by atoms with van der Waals surface area (Å²) in [4.78, 5) is 25.7. The van der Waals surface area contributed by atoms with Gasteiger partial charge in [-0.05, 0) is 48.9 Å². The van der Waals surface area contributed by atoms with E-state index in [4.69, 9.17) is 34.1 Å². The highest BCUT2D eigenvalue weighted by molar-refractivity contribution is 5.72. The summed E-state index contributed by atoms with van der Waals surface area (Å²) in [5.41, 5.74) is -0.892. The van der Waals surface area contributed by atoms with Crippen molar-refractivity contribution < 1.29 is 50.2 Å². The molecule has 1 aliphatic heterocycles. The lowest BCUT2D eigenvalue weighted by Crippen LogP contribution is -2.42. The number of esters is 2. The Morgan fingerprint density at radius 1 is 1.62 bits per heavy atom. The van der Waals surface area contributed by atoms with Gasteiger partial charge < -0.3 is 14.6 Å². The summed E-state index contributed by atoms with van der Waals surface area (Å²) in [5.74, 6) is -16.4. The topological polar surface area (TPSA) is 72.8 Å². The Labute approximate surface area is 201 Å². The maximum absolute atomic E-state index is 13.8. The molecule has 1 fully saturated rings. The fourth-order valence-corrected chi connectivity index (χ4v) is 3.80. The third-order valence-electron chi connectivity index (χ3n) is 5.20. The van der Waals surface area contributed by atoms with Crippen molar-refractivity contribution in [3.63, 3.8) is 0 Å². The first kappa shape index (κ1) is 8.14. The predicted octanol–water partition coefficient (Wildman–Crippen LogP) is 4.20. The van der Waals surface area contributed by atoms with Crippen molar-refractivity contribution in [3.05, 3.63) is 23.7 Å². The van der Waals surface area contributed by atoms with Crippen LogP contribution in [0.1, 0.15) is 92.0 Å². The molecule has 0 bridgehead atoms. The largest absolute Gasteiger partial charge is 0.462 e. The fourth-order valence-electron chi connectivity index (χ4n) is 3.80. The molecule has 1 saturated heterocycles. The Kier molecular flexibility index (Phi) is 2.66. The number of allylic oxidation sites excluding steroid dienone is 3. The van der Waals surface area contributed by atoms with E-state index in [-0.39, 0.29) is 25.7 Å². The first-order chi connectivity index (χ1) is 21.3. The van der Waals surface area contributed by atoms with Crippen molar-refractivity contribution in [2.45, 2.75) is 84.2 Å². The van der Waals surface area contributed by atoms with E-state index in [1.807, 2.05) is 0 Å². The van der Waals surface area contributed by atoms with Crippen molar-refractivity contribution in [2.75, 3.05) is 0 Å².